The first-order valence-electron chi connectivity index (χ1n) is 5.85. The van der Waals surface area contributed by atoms with Crippen molar-refractivity contribution < 1.29 is 14.3 Å². The number of ether oxygens (including phenoxy) is 2. The molecule has 1 aliphatic carbocycles. The monoisotopic (exact) mass is 213 g/mol. The maximum Gasteiger partial charge on any atom is 0.410 e. The minimum atomic E-state index is -0.132. The van der Waals surface area contributed by atoms with Gasteiger partial charge in [0.2, 0.25) is 0 Å². The highest BCUT2D eigenvalue weighted by Crippen LogP contribution is 2.32. The Bertz CT molecular complexity index is 222. The van der Waals surface area contributed by atoms with Crippen molar-refractivity contribution in [2.45, 2.75) is 44.7 Å². The molecule has 1 heterocycles. The number of hydrogen-bond acceptors (Lipinski definition) is 3. The summed E-state index contributed by atoms with van der Waals surface area (Å²) in [6, 6.07) is 0.775. The molecule has 15 heavy (non-hydrogen) atoms. The van der Waals surface area contributed by atoms with Crippen LogP contribution in [0.4, 0.5) is 4.79 Å². The van der Waals surface area contributed by atoms with E-state index >= 15 is 0 Å². The minimum Gasteiger partial charge on any atom is -0.450 e. The van der Waals surface area contributed by atoms with Gasteiger partial charge in [-0.2, -0.15) is 0 Å². The summed E-state index contributed by atoms with van der Waals surface area (Å²) >= 11 is 0. The van der Waals surface area contributed by atoms with Gasteiger partial charge in [-0.05, 0) is 32.6 Å². The fourth-order valence-electron chi connectivity index (χ4n) is 2.11. The summed E-state index contributed by atoms with van der Waals surface area (Å²) in [5, 5.41) is 0. The zero-order valence-corrected chi connectivity index (χ0v) is 9.28. The van der Waals surface area contributed by atoms with Gasteiger partial charge in [-0.25, -0.2) is 4.79 Å². The highest BCUT2D eigenvalue weighted by molar-refractivity contribution is 5.69. The van der Waals surface area contributed by atoms with Crippen LogP contribution in [0, 0.1) is 0 Å². The van der Waals surface area contributed by atoms with Gasteiger partial charge in [-0.1, -0.05) is 0 Å². The van der Waals surface area contributed by atoms with Crippen LogP contribution in [-0.4, -0.2) is 42.9 Å². The van der Waals surface area contributed by atoms with Gasteiger partial charge in [0.1, 0.15) is 0 Å². The Morgan fingerprint density at radius 1 is 1.27 bits per heavy atom. The number of carbonyl (C=O) groups is 1. The Kier molecular flexibility index (Phi) is 3.46. The average Bonchev–Trinajstić information content (AvgIpc) is 3.04. The second-order valence-electron chi connectivity index (χ2n) is 4.18. The van der Waals surface area contributed by atoms with Crippen LogP contribution in [0.15, 0.2) is 0 Å². The molecule has 1 amide bonds. The van der Waals surface area contributed by atoms with Crippen LogP contribution in [0.5, 0.6) is 0 Å². The lowest BCUT2D eigenvalue weighted by atomic mass is 10.1. The standard InChI is InChI=1S/C11H19NO3/c1-2-15-11(13)12(9-3-4-9)10-5-7-14-8-6-10/h9-10H,2-8H2,1H3. The quantitative estimate of drug-likeness (QED) is 0.717. The molecular weight excluding hydrogens is 194 g/mol. The van der Waals surface area contributed by atoms with Gasteiger partial charge in [-0.15, -0.1) is 0 Å². The zero-order valence-electron chi connectivity index (χ0n) is 9.28. The number of rotatable bonds is 3. The Morgan fingerprint density at radius 3 is 2.40 bits per heavy atom. The van der Waals surface area contributed by atoms with E-state index in [4.69, 9.17) is 9.47 Å². The second-order valence-corrected chi connectivity index (χ2v) is 4.18. The van der Waals surface area contributed by atoms with Crippen molar-refractivity contribution in [2.24, 2.45) is 0 Å². The molecule has 1 saturated heterocycles. The van der Waals surface area contributed by atoms with E-state index in [1.807, 2.05) is 11.8 Å². The largest absolute Gasteiger partial charge is 0.450 e. The van der Waals surface area contributed by atoms with Gasteiger partial charge < -0.3 is 14.4 Å². The number of nitrogens with zero attached hydrogens (tertiary/aromatic N) is 1. The van der Waals surface area contributed by atoms with Crippen molar-refractivity contribution >= 4 is 6.09 Å². The van der Waals surface area contributed by atoms with Crippen LogP contribution in [0.3, 0.4) is 0 Å². The highest BCUT2D eigenvalue weighted by atomic mass is 16.6. The summed E-state index contributed by atoms with van der Waals surface area (Å²) in [7, 11) is 0. The summed E-state index contributed by atoms with van der Waals surface area (Å²) in [4.78, 5) is 13.7. The molecule has 86 valence electrons. The van der Waals surface area contributed by atoms with Gasteiger partial charge in [0.05, 0.1) is 6.61 Å². The van der Waals surface area contributed by atoms with Gasteiger partial charge in [0.15, 0.2) is 0 Å². The predicted octanol–water partition coefficient (Wildman–Crippen LogP) is 1.79. The van der Waals surface area contributed by atoms with E-state index in [9.17, 15) is 4.79 Å². The van der Waals surface area contributed by atoms with Crippen LogP contribution >= 0.6 is 0 Å². The molecule has 0 aromatic rings. The molecule has 2 fully saturated rings. The molecule has 0 atom stereocenters. The van der Waals surface area contributed by atoms with Gasteiger partial charge in [-0.3, -0.25) is 0 Å². The van der Waals surface area contributed by atoms with E-state index in [1.54, 1.807) is 0 Å². The molecule has 1 saturated carbocycles. The minimum absolute atomic E-state index is 0.132. The maximum absolute atomic E-state index is 11.8. The summed E-state index contributed by atoms with van der Waals surface area (Å²) in [5.41, 5.74) is 0. The van der Waals surface area contributed by atoms with Crippen molar-refractivity contribution in [3.8, 4) is 0 Å². The first-order valence-corrected chi connectivity index (χ1v) is 5.85. The topological polar surface area (TPSA) is 38.8 Å². The molecular formula is C11H19NO3. The van der Waals surface area contributed by atoms with Gasteiger partial charge in [0.25, 0.3) is 0 Å². The van der Waals surface area contributed by atoms with Crippen molar-refractivity contribution in [1.29, 1.82) is 0 Å². The number of hydrogen-bond donors (Lipinski definition) is 0. The summed E-state index contributed by atoms with van der Waals surface area (Å²) in [6.45, 7) is 3.86. The molecule has 4 nitrogen and oxygen atoms in total. The SMILES string of the molecule is CCOC(=O)N(C1CCOCC1)C1CC1. The molecule has 0 aromatic carbocycles. The van der Waals surface area contributed by atoms with Crippen LogP contribution in [-0.2, 0) is 9.47 Å². The van der Waals surface area contributed by atoms with Gasteiger partial charge >= 0.3 is 6.09 Å². The summed E-state index contributed by atoms with van der Waals surface area (Å²) < 4.78 is 10.4. The number of amides is 1. The fourth-order valence-corrected chi connectivity index (χ4v) is 2.11. The van der Waals surface area contributed by atoms with E-state index in [1.165, 1.54) is 0 Å². The smallest absolute Gasteiger partial charge is 0.410 e. The average molecular weight is 213 g/mol. The van der Waals surface area contributed by atoms with Crippen molar-refractivity contribution in [2.75, 3.05) is 19.8 Å². The molecule has 0 N–H and O–H groups in total. The third kappa shape index (κ3) is 2.62. The van der Waals surface area contributed by atoms with E-state index in [2.05, 4.69) is 0 Å². The van der Waals surface area contributed by atoms with Crippen LogP contribution in [0.2, 0.25) is 0 Å². The van der Waals surface area contributed by atoms with Gasteiger partial charge in [0, 0.05) is 25.3 Å². The summed E-state index contributed by atoms with van der Waals surface area (Å²) in [5.74, 6) is 0. The first kappa shape index (κ1) is 10.7. The molecule has 0 aromatic heterocycles. The Hall–Kier alpha value is -0.770. The first-order chi connectivity index (χ1) is 7.33. The Balaban J connectivity index is 1.94. The van der Waals surface area contributed by atoms with E-state index < -0.39 is 0 Å². The van der Waals surface area contributed by atoms with Crippen LogP contribution in [0.25, 0.3) is 0 Å². The second kappa shape index (κ2) is 4.84. The van der Waals surface area contributed by atoms with E-state index in [0.717, 1.165) is 38.9 Å². The predicted molar refractivity (Wildman–Crippen MR) is 55.7 cm³/mol. The summed E-state index contributed by atoms with van der Waals surface area (Å²) in [6.07, 6.45) is 4.05. The fraction of sp³-hybridized carbons (Fsp3) is 0.909. The molecule has 2 aliphatic rings. The highest BCUT2D eigenvalue weighted by Gasteiger charge is 2.38. The molecule has 2 rings (SSSR count). The number of carbonyl (C=O) groups excluding carboxylic acids is 1. The lowest BCUT2D eigenvalue weighted by molar-refractivity contribution is 0.0245. The van der Waals surface area contributed by atoms with Crippen LogP contribution in [0.1, 0.15) is 32.6 Å². The molecule has 0 radical (unpaired) electrons. The maximum atomic E-state index is 11.8. The third-order valence-electron chi connectivity index (χ3n) is 3.00. The Labute approximate surface area is 90.5 Å². The molecule has 1 aliphatic heterocycles. The molecule has 4 heteroatoms. The lowest BCUT2D eigenvalue weighted by Crippen LogP contribution is -2.45. The van der Waals surface area contributed by atoms with Crippen LogP contribution < -0.4 is 0 Å². The van der Waals surface area contributed by atoms with E-state index in [0.29, 0.717) is 18.7 Å². The van der Waals surface area contributed by atoms with Crippen molar-refractivity contribution in [1.82, 2.24) is 4.90 Å². The van der Waals surface area contributed by atoms with E-state index in [-0.39, 0.29) is 6.09 Å². The van der Waals surface area contributed by atoms with Crippen molar-refractivity contribution in [3.05, 3.63) is 0 Å². The molecule has 0 unspecified atom stereocenters. The lowest BCUT2D eigenvalue weighted by Gasteiger charge is -2.33. The van der Waals surface area contributed by atoms with Crippen molar-refractivity contribution in [3.63, 3.8) is 0 Å². The Morgan fingerprint density at radius 2 is 1.87 bits per heavy atom. The molecule has 0 spiro atoms. The third-order valence-corrected chi connectivity index (χ3v) is 3.00. The zero-order chi connectivity index (χ0) is 10.7. The molecule has 0 bridgehead atoms. The normalized spacial score (nSPS) is 22.5.